The second-order valence-electron chi connectivity index (χ2n) is 7.08. The minimum absolute atomic E-state index is 0.0225. The smallest absolute Gasteiger partial charge is 0.416 e. The maximum atomic E-state index is 13.2. The quantitative estimate of drug-likeness (QED) is 0.348. The number of methoxy groups -OCH3 is 1. The molecule has 0 atom stereocenters. The van der Waals surface area contributed by atoms with Gasteiger partial charge in [0.05, 0.1) is 18.2 Å². The van der Waals surface area contributed by atoms with Crippen LogP contribution < -0.4 is 0 Å². The lowest BCUT2D eigenvalue weighted by Gasteiger charge is -2.12. The Balaban J connectivity index is 2.24. The highest BCUT2D eigenvalue weighted by Crippen LogP contribution is 2.32. The van der Waals surface area contributed by atoms with E-state index in [2.05, 4.69) is 0 Å². The zero-order valence-corrected chi connectivity index (χ0v) is 17.0. The van der Waals surface area contributed by atoms with E-state index in [1.807, 2.05) is 0 Å². The maximum Gasteiger partial charge on any atom is 0.416 e. The summed E-state index contributed by atoms with van der Waals surface area (Å²) in [5.41, 5.74) is 0.320. The van der Waals surface area contributed by atoms with E-state index in [-0.39, 0.29) is 17.7 Å². The highest BCUT2D eigenvalue weighted by atomic mass is 19.4. The van der Waals surface area contributed by atoms with Crippen molar-refractivity contribution in [2.75, 3.05) is 7.11 Å². The minimum Gasteiger partial charge on any atom is -0.477 e. The number of hydrogen-bond donors (Lipinski definition) is 1. The molecule has 0 aliphatic carbocycles. The number of alkyl halides is 3. The Bertz CT molecular complexity index is 1300. The van der Waals surface area contributed by atoms with Crippen molar-refractivity contribution < 1.29 is 32.6 Å². The number of carbonyl (C=O) groups is 2. The standard InChI is InChI=1S/C23H17F3N2O4/c1-13-6-14(8-17(7-13)23(24,25)26)11-28-12-16(9-15(10-27)21(29)30)20-18(22(31)32-2)4-3-5-19(20)28/h3-9,12H,11H2,1-2H3,(H,29,30)/b15-9+. The molecule has 0 radical (unpaired) electrons. The number of carboxylic acids is 1. The Morgan fingerprint density at radius 1 is 1.25 bits per heavy atom. The van der Waals surface area contributed by atoms with E-state index in [9.17, 15) is 27.9 Å². The Hall–Kier alpha value is -4.06. The molecule has 0 spiro atoms. The van der Waals surface area contributed by atoms with Gasteiger partial charge in [-0.1, -0.05) is 17.7 Å². The van der Waals surface area contributed by atoms with Gasteiger partial charge in [-0.05, 0) is 42.8 Å². The number of hydrogen-bond acceptors (Lipinski definition) is 4. The van der Waals surface area contributed by atoms with E-state index < -0.39 is 29.3 Å². The summed E-state index contributed by atoms with van der Waals surface area (Å²) in [4.78, 5) is 23.6. The SMILES string of the molecule is COC(=O)c1cccc2c1c(/C=C(\C#N)C(=O)O)cn2Cc1cc(C)cc(C(F)(F)F)c1. The van der Waals surface area contributed by atoms with E-state index >= 15 is 0 Å². The van der Waals surface area contributed by atoms with Crippen LogP contribution in [0.5, 0.6) is 0 Å². The van der Waals surface area contributed by atoms with Crippen LogP contribution in [0.4, 0.5) is 13.2 Å². The molecule has 0 saturated heterocycles. The number of carbonyl (C=O) groups excluding carboxylic acids is 1. The number of rotatable bonds is 5. The van der Waals surface area contributed by atoms with Crippen LogP contribution in [-0.4, -0.2) is 28.7 Å². The Kier molecular flexibility index (Phi) is 6.07. The van der Waals surface area contributed by atoms with E-state index in [4.69, 9.17) is 10.00 Å². The Morgan fingerprint density at radius 3 is 2.56 bits per heavy atom. The van der Waals surface area contributed by atoms with Gasteiger partial charge in [-0.15, -0.1) is 0 Å². The first-order valence-corrected chi connectivity index (χ1v) is 9.28. The van der Waals surface area contributed by atoms with Crippen LogP contribution in [0.3, 0.4) is 0 Å². The molecule has 164 valence electrons. The molecular weight excluding hydrogens is 425 g/mol. The van der Waals surface area contributed by atoms with Crippen molar-refractivity contribution in [1.29, 1.82) is 5.26 Å². The molecule has 9 heteroatoms. The molecule has 0 fully saturated rings. The molecule has 0 aliphatic rings. The number of aryl methyl sites for hydroxylation is 1. The number of ether oxygens (including phenoxy) is 1. The highest BCUT2D eigenvalue weighted by Gasteiger charge is 2.31. The maximum absolute atomic E-state index is 13.2. The lowest BCUT2D eigenvalue weighted by atomic mass is 10.0. The van der Waals surface area contributed by atoms with E-state index in [1.165, 1.54) is 19.4 Å². The van der Waals surface area contributed by atoms with Gasteiger partial charge in [-0.3, -0.25) is 0 Å². The third-order valence-corrected chi connectivity index (χ3v) is 4.81. The third-order valence-electron chi connectivity index (χ3n) is 4.81. The second kappa shape index (κ2) is 8.59. The average Bonchev–Trinajstić information content (AvgIpc) is 3.07. The summed E-state index contributed by atoms with van der Waals surface area (Å²) in [6.45, 7) is 1.58. The van der Waals surface area contributed by atoms with Crippen LogP contribution in [0.25, 0.3) is 17.0 Å². The topological polar surface area (TPSA) is 92.3 Å². The summed E-state index contributed by atoms with van der Waals surface area (Å²) in [7, 11) is 1.19. The second-order valence-corrected chi connectivity index (χ2v) is 7.08. The lowest BCUT2D eigenvalue weighted by molar-refractivity contribution is -0.137. The first-order chi connectivity index (χ1) is 15.0. The van der Waals surface area contributed by atoms with Gasteiger partial charge >= 0.3 is 18.1 Å². The summed E-state index contributed by atoms with van der Waals surface area (Å²) in [6.07, 6.45) is -1.90. The van der Waals surface area contributed by atoms with Gasteiger partial charge in [-0.25, -0.2) is 9.59 Å². The van der Waals surface area contributed by atoms with Crippen molar-refractivity contribution in [3.05, 3.63) is 76.0 Å². The number of halogens is 3. The van der Waals surface area contributed by atoms with E-state index in [1.54, 1.807) is 35.8 Å². The molecule has 1 aromatic heterocycles. The third kappa shape index (κ3) is 4.49. The van der Waals surface area contributed by atoms with Crippen molar-refractivity contribution in [2.24, 2.45) is 0 Å². The number of benzene rings is 2. The van der Waals surface area contributed by atoms with Crippen LogP contribution in [0, 0.1) is 18.3 Å². The molecule has 0 amide bonds. The summed E-state index contributed by atoms with van der Waals surface area (Å²) in [5, 5.41) is 18.7. The fraction of sp³-hybridized carbons (Fsp3) is 0.174. The average molecular weight is 442 g/mol. The fourth-order valence-corrected chi connectivity index (χ4v) is 3.52. The zero-order chi connectivity index (χ0) is 23.6. The van der Waals surface area contributed by atoms with Gasteiger partial charge in [0.1, 0.15) is 11.6 Å². The number of fused-ring (bicyclic) bond motifs is 1. The molecular formula is C23H17F3N2O4. The largest absolute Gasteiger partial charge is 0.477 e. The van der Waals surface area contributed by atoms with Crippen molar-refractivity contribution in [3.63, 3.8) is 0 Å². The Morgan fingerprint density at radius 2 is 1.97 bits per heavy atom. The van der Waals surface area contributed by atoms with E-state index in [0.29, 0.717) is 22.0 Å². The number of nitrogens with zero attached hydrogens (tertiary/aromatic N) is 2. The molecule has 0 saturated carbocycles. The van der Waals surface area contributed by atoms with Crippen molar-refractivity contribution in [2.45, 2.75) is 19.6 Å². The molecule has 6 nitrogen and oxygen atoms in total. The number of aromatic nitrogens is 1. The lowest BCUT2D eigenvalue weighted by Crippen LogP contribution is -2.07. The molecule has 1 N–H and O–H groups in total. The molecule has 0 unspecified atom stereocenters. The molecule has 3 aromatic rings. The van der Waals surface area contributed by atoms with Crippen LogP contribution >= 0.6 is 0 Å². The van der Waals surface area contributed by atoms with Crippen LogP contribution in [0.15, 0.2) is 48.2 Å². The first kappa shape index (κ1) is 22.6. The molecule has 32 heavy (non-hydrogen) atoms. The van der Waals surface area contributed by atoms with Gasteiger partial charge in [0.15, 0.2) is 0 Å². The van der Waals surface area contributed by atoms with Crippen molar-refractivity contribution in [1.82, 2.24) is 4.57 Å². The first-order valence-electron chi connectivity index (χ1n) is 9.28. The van der Waals surface area contributed by atoms with Crippen molar-refractivity contribution in [3.8, 4) is 6.07 Å². The van der Waals surface area contributed by atoms with E-state index in [0.717, 1.165) is 18.2 Å². The van der Waals surface area contributed by atoms with Gasteiger partial charge in [-0.2, -0.15) is 18.4 Å². The number of aliphatic carboxylic acids is 1. The molecule has 1 heterocycles. The highest BCUT2D eigenvalue weighted by molar-refractivity contribution is 6.09. The van der Waals surface area contributed by atoms with Gasteiger partial charge in [0, 0.05) is 29.2 Å². The summed E-state index contributed by atoms with van der Waals surface area (Å²) in [6, 6.07) is 9.99. The zero-order valence-electron chi connectivity index (χ0n) is 17.0. The number of esters is 1. The van der Waals surface area contributed by atoms with Crippen LogP contribution in [0.1, 0.15) is 32.6 Å². The summed E-state index contributed by atoms with van der Waals surface area (Å²) >= 11 is 0. The molecule has 0 aliphatic heterocycles. The monoisotopic (exact) mass is 442 g/mol. The minimum atomic E-state index is -4.51. The fourth-order valence-electron chi connectivity index (χ4n) is 3.52. The molecule has 2 aromatic carbocycles. The predicted molar refractivity (Wildman–Crippen MR) is 110 cm³/mol. The van der Waals surface area contributed by atoms with Gasteiger partial charge in [0.2, 0.25) is 0 Å². The molecule has 3 rings (SSSR count). The Labute approximate surface area is 180 Å². The summed E-state index contributed by atoms with van der Waals surface area (Å²) < 4.78 is 46.1. The van der Waals surface area contributed by atoms with Crippen LogP contribution in [-0.2, 0) is 22.3 Å². The van der Waals surface area contributed by atoms with Crippen molar-refractivity contribution >= 4 is 28.9 Å². The number of carboxylic acid groups (broad SMARTS) is 1. The molecule has 0 bridgehead atoms. The predicted octanol–water partition coefficient (Wildman–Crippen LogP) is 4.80. The normalized spacial score (nSPS) is 11.9. The van der Waals surface area contributed by atoms with Gasteiger partial charge < -0.3 is 14.4 Å². The summed E-state index contributed by atoms with van der Waals surface area (Å²) in [5.74, 6) is -2.12. The van der Waals surface area contributed by atoms with Gasteiger partial charge in [0.25, 0.3) is 0 Å². The van der Waals surface area contributed by atoms with Crippen LogP contribution in [0.2, 0.25) is 0 Å². The number of nitriles is 1.